The van der Waals surface area contributed by atoms with Gasteiger partial charge in [0.05, 0.1) is 0 Å². The number of hydrogen-bond donors (Lipinski definition) is 0. The molecule has 1 saturated heterocycles. The van der Waals surface area contributed by atoms with Gasteiger partial charge in [-0.15, -0.1) is 0 Å². The van der Waals surface area contributed by atoms with Crippen LogP contribution in [0.1, 0.15) is 34.7 Å². The molecule has 0 atom stereocenters. The van der Waals surface area contributed by atoms with E-state index < -0.39 is 0 Å². The molecule has 1 aliphatic heterocycles. The molecule has 1 fully saturated rings. The molecule has 0 bridgehead atoms. The third-order valence-corrected chi connectivity index (χ3v) is 5.04. The summed E-state index contributed by atoms with van der Waals surface area (Å²) < 4.78 is 0. The highest BCUT2D eigenvalue weighted by Gasteiger charge is 2.25. The molecule has 1 aromatic carbocycles. The van der Waals surface area contributed by atoms with Crippen LogP contribution in [-0.4, -0.2) is 23.9 Å². The largest absolute Gasteiger partial charge is 0.339 e. The minimum absolute atomic E-state index is 0.0168. The third-order valence-electron chi connectivity index (χ3n) is 3.91. The van der Waals surface area contributed by atoms with Crippen molar-refractivity contribution in [3.05, 3.63) is 56.2 Å². The van der Waals surface area contributed by atoms with Gasteiger partial charge in [0.15, 0.2) is 0 Å². The van der Waals surface area contributed by atoms with Crippen molar-refractivity contribution in [2.45, 2.75) is 18.8 Å². The third kappa shape index (κ3) is 3.42. The standard InChI is InChI=1S/C16H15Cl2NOS/c17-14-7-13(8-15(18)9-14)16(20)19-4-1-11(2-5-19)12-3-6-21-10-12/h3,6-11H,1-2,4-5H2. The second-order valence-corrected chi connectivity index (χ2v) is 6.93. The van der Waals surface area contributed by atoms with Crippen LogP contribution in [0.3, 0.4) is 0 Å². The first-order valence-corrected chi connectivity index (χ1v) is 8.61. The predicted molar refractivity (Wildman–Crippen MR) is 88.7 cm³/mol. The molecule has 0 saturated carbocycles. The van der Waals surface area contributed by atoms with Gasteiger partial charge in [0.25, 0.3) is 5.91 Å². The van der Waals surface area contributed by atoms with Crippen LogP contribution in [0.2, 0.25) is 10.0 Å². The van der Waals surface area contributed by atoms with Gasteiger partial charge in [-0.2, -0.15) is 11.3 Å². The summed E-state index contributed by atoms with van der Waals surface area (Å²) in [4.78, 5) is 14.4. The van der Waals surface area contributed by atoms with Crippen LogP contribution in [0.5, 0.6) is 0 Å². The number of piperidine rings is 1. The van der Waals surface area contributed by atoms with Crippen LogP contribution < -0.4 is 0 Å². The Morgan fingerprint density at radius 1 is 1.14 bits per heavy atom. The monoisotopic (exact) mass is 339 g/mol. The van der Waals surface area contributed by atoms with Crippen molar-refractivity contribution in [2.24, 2.45) is 0 Å². The fraction of sp³-hybridized carbons (Fsp3) is 0.312. The van der Waals surface area contributed by atoms with E-state index in [9.17, 15) is 4.79 Å². The molecule has 0 spiro atoms. The molecule has 3 rings (SSSR count). The molecule has 2 aromatic rings. The lowest BCUT2D eigenvalue weighted by Crippen LogP contribution is -2.37. The van der Waals surface area contributed by atoms with E-state index in [0.29, 0.717) is 21.5 Å². The molecule has 110 valence electrons. The Bertz CT molecular complexity index is 613. The number of thiophene rings is 1. The van der Waals surface area contributed by atoms with Crippen LogP contribution in [0.4, 0.5) is 0 Å². The van der Waals surface area contributed by atoms with Gasteiger partial charge in [-0.05, 0) is 59.3 Å². The minimum Gasteiger partial charge on any atom is -0.339 e. The van der Waals surface area contributed by atoms with Crippen molar-refractivity contribution in [1.29, 1.82) is 0 Å². The molecule has 1 aliphatic rings. The lowest BCUT2D eigenvalue weighted by atomic mass is 9.91. The van der Waals surface area contributed by atoms with Gasteiger partial charge < -0.3 is 4.90 Å². The van der Waals surface area contributed by atoms with E-state index in [0.717, 1.165) is 25.9 Å². The summed E-state index contributed by atoms with van der Waals surface area (Å²) in [5.74, 6) is 0.589. The van der Waals surface area contributed by atoms with Crippen molar-refractivity contribution in [3.8, 4) is 0 Å². The van der Waals surface area contributed by atoms with Crippen LogP contribution >= 0.6 is 34.5 Å². The van der Waals surface area contributed by atoms with E-state index in [1.54, 1.807) is 29.5 Å². The summed E-state index contributed by atoms with van der Waals surface area (Å²) in [6.07, 6.45) is 2.02. The zero-order valence-electron chi connectivity index (χ0n) is 11.4. The summed E-state index contributed by atoms with van der Waals surface area (Å²) >= 11 is 13.7. The normalized spacial score (nSPS) is 16.2. The van der Waals surface area contributed by atoms with Gasteiger partial charge in [0, 0.05) is 28.7 Å². The highest BCUT2D eigenvalue weighted by Crippen LogP contribution is 2.30. The second-order valence-electron chi connectivity index (χ2n) is 5.28. The number of likely N-dealkylation sites (tertiary alicyclic amines) is 1. The fourth-order valence-corrected chi connectivity index (χ4v) is 4.05. The van der Waals surface area contributed by atoms with Gasteiger partial charge in [0.2, 0.25) is 0 Å². The molecule has 0 aliphatic carbocycles. The Hall–Kier alpha value is -1.03. The van der Waals surface area contributed by atoms with E-state index in [1.807, 2.05) is 4.90 Å². The molecule has 0 N–H and O–H groups in total. The van der Waals surface area contributed by atoms with Gasteiger partial charge in [0.1, 0.15) is 0 Å². The van der Waals surface area contributed by atoms with Gasteiger partial charge in [-0.1, -0.05) is 23.2 Å². The summed E-state index contributed by atoms with van der Waals surface area (Å²) in [5, 5.41) is 5.32. The van der Waals surface area contributed by atoms with Crippen LogP contribution in [0.15, 0.2) is 35.0 Å². The Morgan fingerprint density at radius 2 is 1.81 bits per heavy atom. The summed E-state index contributed by atoms with van der Waals surface area (Å²) in [7, 11) is 0. The summed E-state index contributed by atoms with van der Waals surface area (Å²) in [5.41, 5.74) is 1.97. The highest BCUT2D eigenvalue weighted by atomic mass is 35.5. The van der Waals surface area contributed by atoms with Crippen LogP contribution in [-0.2, 0) is 0 Å². The van der Waals surface area contributed by atoms with Crippen molar-refractivity contribution in [1.82, 2.24) is 4.90 Å². The Morgan fingerprint density at radius 3 is 2.38 bits per heavy atom. The van der Waals surface area contributed by atoms with Gasteiger partial charge in [-0.3, -0.25) is 4.79 Å². The smallest absolute Gasteiger partial charge is 0.253 e. The van der Waals surface area contributed by atoms with Gasteiger partial charge >= 0.3 is 0 Å². The zero-order valence-corrected chi connectivity index (χ0v) is 13.7. The van der Waals surface area contributed by atoms with Crippen molar-refractivity contribution >= 4 is 40.4 Å². The number of carbonyl (C=O) groups excluding carboxylic acids is 1. The highest BCUT2D eigenvalue weighted by molar-refractivity contribution is 7.07. The number of benzene rings is 1. The molecule has 2 heterocycles. The van der Waals surface area contributed by atoms with E-state index >= 15 is 0 Å². The van der Waals surface area contributed by atoms with E-state index in [2.05, 4.69) is 16.8 Å². The lowest BCUT2D eigenvalue weighted by Gasteiger charge is -2.32. The molecular weight excluding hydrogens is 325 g/mol. The first kappa shape index (κ1) is 14.9. The first-order valence-electron chi connectivity index (χ1n) is 6.91. The number of nitrogens with zero attached hydrogens (tertiary/aromatic N) is 1. The minimum atomic E-state index is 0.0168. The maximum atomic E-state index is 12.5. The van der Waals surface area contributed by atoms with Crippen molar-refractivity contribution in [3.63, 3.8) is 0 Å². The van der Waals surface area contributed by atoms with Crippen molar-refractivity contribution < 1.29 is 4.79 Å². The molecular formula is C16H15Cl2NOS. The Balaban J connectivity index is 1.67. The fourth-order valence-electron chi connectivity index (χ4n) is 2.78. The molecule has 0 unspecified atom stereocenters. The predicted octanol–water partition coefficient (Wildman–Crippen LogP) is 5.07. The first-order chi connectivity index (χ1) is 10.1. The number of halogens is 2. The van der Waals surface area contributed by atoms with Crippen molar-refractivity contribution in [2.75, 3.05) is 13.1 Å². The summed E-state index contributed by atoms with van der Waals surface area (Å²) in [6.45, 7) is 1.56. The number of hydrogen-bond acceptors (Lipinski definition) is 2. The average molecular weight is 340 g/mol. The molecule has 21 heavy (non-hydrogen) atoms. The topological polar surface area (TPSA) is 20.3 Å². The Labute approximate surface area is 138 Å². The molecule has 2 nitrogen and oxygen atoms in total. The number of rotatable bonds is 2. The van der Waals surface area contributed by atoms with E-state index in [-0.39, 0.29) is 5.91 Å². The average Bonchev–Trinajstić information content (AvgIpc) is 3.00. The molecule has 0 radical (unpaired) electrons. The maximum absolute atomic E-state index is 12.5. The van der Waals surface area contributed by atoms with Crippen LogP contribution in [0.25, 0.3) is 0 Å². The lowest BCUT2D eigenvalue weighted by molar-refractivity contribution is 0.0713. The second kappa shape index (κ2) is 6.39. The maximum Gasteiger partial charge on any atom is 0.253 e. The van der Waals surface area contributed by atoms with E-state index in [4.69, 9.17) is 23.2 Å². The quantitative estimate of drug-likeness (QED) is 0.747. The SMILES string of the molecule is O=C(c1cc(Cl)cc(Cl)c1)N1CCC(c2ccsc2)CC1. The van der Waals surface area contributed by atoms with Gasteiger partial charge in [-0.25, -0.2) is 0 Å². The zero-order chi connectivity index (χ0) is 14.8. The Kier molecular flexibility index (Phi) is 4.53. The molecule has 1 aromatic heterocycles. The number of carbonyl (C=O) groups is 1. The number of amides is 1. The summed E-state index contributed by atoms with van der Waals surface area (Å²) in [6, 6.07) is 7.19. The molecule has 5 heteroatoms. The van der Waals surface area contributed by atoms with E-state index in [1.165, 1.54) is 5.56 Å². The van der Waals surface area contributed by atoms with Crippen LogP contribution in [0, 0.1) is 0 Å². The molecule has 1 amide bonds.